The summed E-state index contributed by atoms with van der Waals surface area (Å²) in [6.07, 6.45) is -4.00. The Bertz CT molecular complexity index is 379. The maximum atomic E-state index is 13.7. The van der Waals surface area contributed by atoms with Gasteiger partial charge in [-0.3, -0.25) is 4.90 Å². The average Bonchev–Trinajstić information content (AvgIpc) is 2.52. The Morgan fingerprint density at radius 3 is 2.78 bits per heavy atom. The van der Waals surface area contributed by atoms with Crippen molar-refractivity contribution in [3.05, 3.63) is 12.3 Å². The van der Waals surface area contributed by atoms with E-state index in [1.807, 2.05) is 0 Å². The Balaban J connectivity index is 2.23. The highest BCUT2D eigenvalue weighted by Gasteiger charge is 2.61. The minimum absolute atomic E-state index is 0.599. The van der Waals surface area contributed by atoms with E-state index in [4.69, 9.17) is 15.6 Å². The van der Waals surface area contributed by atoms with Crippen molar-refractivity contribution in [3.8, 4) is 0 Å². The molecule has 0 aliphatic carbocycles. The lowest BCUT2D eigenvalue weighted by atomic mass is 10.1. The maximum absolute atomic E-state index is 13.7. The second kappa shape index (κ2) is 4.43. The maximum Gasteiger partial charge on any atom is 0.325 e. The quantitative estimate of drug-likeness (QED) is 0.487. The molecule has 2 aliphatic heterocycles. The molecule has 0 aromatic rings. The van der Waals surface area contributed by atoms with Crippen LogP contribution in [0.5, 0.6) is 0 Å². The normalized spacial score (nSPS) is 38.9. The number of urea groups is 1. The lowest BCUT2D eigenvalue weighted by Gasteiger charge is -2.32. The first-order valence-corrected chi connectivity index (χ1v) is 5.23. The molecule has 0 saturated carbocycles. The van der Waals surface area contributed by atoms with Gasteiger partial charge in [-0.2, -0.15) is 8.78 Å². The summed E-state index contributed by atoms with van der Waals surface area (Å²) >= 11 is 0. The molecule has 2 aliphatic rings. The number of carbonyl (C=O) groups excluding carboxylic acids is 1. The fraction of sp³-hybridized carbons (Fsp3) is 0.667. The van der Waals surface area contributed by atoms with Gasteiger partial charge in [-0.25, -0.2) is 4.79 Å². The molecule has 18 heavy (non-hydrogen) atoms. The van der Waals surface area contributed by atoms with Crippen LogP contribution in [0.1, 0.15) is 0 Å². The summed E-state index contributed by atoms with van der Waals surface area (Å²) in [5.41, 5.74) is 5.37. The molecule has 0 aromatic heterocycles. The second-order valence-corrected chi connectivity index (χ2v) is 4.05. The van der Waals surface area contributed by atoms with Crippen molar-refractivity contribution in [1.29, 1.82) is 0 Å². The highest BCUT2D eigenvalue weighted by atomic mass is 19.3. The van der Waals surface area contributed by atoms with Crippen molar-refractivity contribution in [1.82, 2.24) is 10.2 Å². The molecule has 2 heterocycles. The molecule has 102 valence electrons. The molecule has 4 unspecified atom stereocenters. The Kier molecular flexibility index (Phi) is 3.23. The van der Waals surface area contributed by atoms with Crippen molar-refractivity contribution < 1.29 is 28.5 Å². The number of aliphatic hydroxyl groups is 2. The number of amides is 2. The van der Waals surface area contributed by atoms with Crippen LogP contribution in [0.4, 0.5) is 13.6 Å². The summed E-state index contributed by atoms with van der Waals surface area (Å²) < 4.78 is 32.2. The molecule has 1 saturated heterocycles. The van der Waals surface area contributed by atoms with Gasteiger partial charge in [-0.1, -0.05) is 0 Å². The van der Waals surface area contributed by atoms with Gasteiger partial charge in [0.05, 0.1) is 12.8 Å². The van der Waals surface area contributed by atoms with Crippen LogP contribution in [0.2, 0.25) is 0 Å². The number of alkyl halides is 2. The van der Waals surface area contributed by atoms with Gasteiger partial charge in [0.2, 0.25) is 6.23 Å². The van der Waals surface area contributed by atoms with Crippen LogP contribution in [0.3, 0.4) is 0 Å². The van der Waals surface area contributed by atoms with Gasteiger partial charge >= 0.3 is 12.0 Å². The number of carbonyl (C=O) groups is 1. The number of rotatable bonds is 2. The van der Waals surface area contributed by atoms with E-state index < -0.39 is 43.2 Å². The van der Waals surface area contributed by atoms with Crippen LogP contribution in [0.25, 0.3) is 0 Å². The smallest absolute Gasteiger partial charge is 0.325 e. The van der Waals surface area contributed by atoms with Gasteiger partial charge in [0.1, 0.15) is 6.10 Å². The summed E-state index contributed by atoms with van der Waals surface area (Å²) in [6.45, 7) is -0.772. The van der Waals surface area contributed by atoms with E-state index in [0.717, 1.165) is 6.20 Å². The summed E-state index contributed by atoms with van der Waals surface area (Å²) in [4.78, 5) is 12.1. The molecular formula is C9H13F2N3O4. The van der Waals surface area contributed by atoms with Crippen molar-refractivity contribution in [2.24, 2.45) is 5.73 Å². The van der Waals surface area contributed by atoms with Crippen molar-refractivity contribution >= 4 is 6.03 Å². The topological polar surface area (TPSA) is 108 Å². The van der Waals surface area contributed by atoms with Crippen molar-refractivity contribution in [2.45, 2.75) is 30.5 Å². The lowest BCUT2D eigenvalue weighted by Crippen LogP contribution is -2.57. The van der Waals surface area contributed by atoms with E-state index in [2.05, 4.69) is 5.32 Å². The van der Waals surface area contributed by atoms with E-state index in [-0.39, 0.29) is 0 Å². The zero-order chi connectivity index (χ0) is 13.5. The molecule has 5 N–H and O–H groups in total. The molecule has 0 aromatic carbocycles. The molecule has 2 rings (SSSR count). The lowest BCUT2D eigenvalue weighted by molar-refractivity contribution is -0.145. The Morgan fingerprint density at radius 1 is 1.61 bits per heavy atom. The number of nitrogens with two attached hydrogens (primary N) is 1. The standard InChI is InChI=1S/C9H13F2N3O4/c10-9(11)6(16)4(3-15)18-7(9)14-2-1-5(12)13-8(14)17/h1-2,4-7,15-16H,3,12H2,(H,13,17). The van der Waals surface area contributed by atoms with Crippen molar-refractivity contribution in [2.75, 3.05) is 6.61 Å². The molecule has 7 nitrogen and oxygen atoms in total. The number of ether oxygens (including phenoxy) is 1. The molecule has 2 amide bonds. The summed E-state index contributed by atoms with van der Waals surface area (Å²) in [7, 11) is 0. The highest BCUT2D eigenvalue weighted by Crippen LogP contribution is 2.38. The van der Waals surface area contributed by atoms with E-state index in [1.54, 1.807) is 0 Å². The van der Waals surface area contributed by atoms with Crippen LogP contribution in [0, 0.1) is 0 Å². The predicted octanol–water partition coefficient (Wildman–Crippen LogP) is -1.48. The van der Waals surface area contributed by atoms with Crippen LogP contribution in [-0.2, 0) is 4.74 Å². The minimum Gasteiger partial charge on any atom is -0.394 e. The third kappa shape index (κ3) is 1.94. The zero-order valence-corrected chi connectivity index (χ0v) is 9.16. The molecule has 9 heteroatoms. The third-order valence-electron chi connectivity index (χ3n) is 2.79. The number of nitrogens with one attached hydrogen (secondary N) is 1. The molecule has 0 radical (unpaired) electrons. The predicted molar refractivity (Wildman–Crippen MR) is 54.2 cm³/mol. The number of aliphatic hydroxyl groups excluding tert-OH is 2. The van der Waals surface area contributed by atoms with Crippen LogP contribution in [-0.4, -0.2) is 58.3 Å². The number of hydrogen-bond acceptors (Lipinski definition) is 5. The Hall–Kier alpha value is -1.29. The number of nitrogens with zero attached hydrogens (tertiary/aromatic N) is 1. The fourth-order valence-corrected chi connectivity index (χ4v) is 1.82. The zero-order valence-electron chi connectivity index (χ0n) is 9.16. The van der Waals surface area contributed by atoms with Crippen LogP contribution in [0.15, 0.2) is 12.3 Å². The van der Waals surface area contributed by atoms with E-state index in [0.29, 0.717) is 4.90 Å². The number of halogens is 2. The summed E-state index contributed by atoms with van der Waals surface area (Å²) in [6, 6.07) is -0.861. The molecule has 0 spiro atoms. The molecule has 0 bridgehead atoms. The molecule has 4 atom stereocenters. The molecular weight excluding hydrogens is 252 g/mol. The van der Waals surface area contributed by atoms with E-state index >= 15 is 0 Å². The summed E-state index contributed by atoms with van der Waals surface area (Å²) in [5.74, 6) is -3.68. The largest absolute Gasteiger partial charge is 0.394 e. The SMILES string of the molecule is NC1C=CN(C2OC(CO)C(O)C2(F)F)C(=O)N1. The van der Waals surface area contributed by atoms with Crippen LogP contribution < -0.4 is 11.1 Å². The van der Waals surface area contributed by atoms with Gasteiger partial charge in [0.25, 0.3) is 0 Å². The van der Waals surface area contributed by atoms with E-state index in [1.165, 1.54) is 6.08 Å². The summed E-state index contributed by atoms with van der Waals surface area (Å²) in [5, 5.41) is 20.3. The minimum atomic E-state index is -3.68. The Labute approximate surface area is 101 Å². The van der Waals surface area contributed by atoms with Gasteiger partial charge in [-0.15, -0.1) is 0 Å². The Morgan fingerprint density at radius 2 is 2.28 bits per heavy atom. The van der Waals surface area contributed by atoms with Crippen LogP contribution >= 0.6 is 0 Å². The van der Waals surface area contributed by atoms with Gasteiger partial charge in [-0.05, 0) is 6.08 Å². The van der Waals surface area contributed by atoms with Gasteiger partial charge in [0, 0.05) is 6.20 Å². The first-order valence-electron chi connectivity index (χ1n) is 5.23. The van der Waals surface area contributed by atoms with Gasteiger partial charge < -0.3 is 26.0 Å². The highest BCUT2D eigenvalue weighted by molar-refractivity contribution is 5.77. The molecule has 1 fully saturated rings. The van der Waals surface area contributed by atoms with Gasteiger partial charge in [0.15, 0.2) is 6.10 Å². The first-order chi connectivity index (χ1) is 8.37. The second-order valence-electron chi connectivity index (χ2n) is 4.05. The van der Waals surface area contributed by atoms with Crippen molar-refractivity contribution in [3.63, 3.8) is 0 Å². The number of hydrogen-bond donors (Lipinski definition) is 4. The van der Waals surface area contributed by atoms with E-state index in [9.17, 15) is 18.7 Å². The average molecular weight is 265 g/mol. The fourth-order valence-electron chi connectivity index (χ4n) is 1.82. The monoisotopic (exact) mass is 265 g/mol. The third-order valence-corrected chi connectivity index (χ3v) is 2.79. The first kappa shape index (κ1) is 13.1.